The fourth-order valence-electron chi connectivity index (χ4n) is 2.00. The van der Waals surface area contributed by atoms with Gasteiger partial charge in [-0.15, -0.1) is 10.2 Å². The number of nitrogens with zero attached hydrogens (tertiary/aromatic N) is 2. The highest BCUT2D eigenvalue weighted by atomic mass is 32.1. The van der Waals surface area contributed by atoms with Crippen molar-refractivity contribution < 1.29 is 23.9 Å². The highest BCUT2D eigenvalue weighted by Crippen LogP contribution is 2.23. The maximum Gasteiger partial charge on any atom is 0.306 e. The average Bonchev–Trinajstić information content (AvgIpc) is 3.05. The first kappa shape index (κ1) is 20.3. The van der Waals surface area contributed by atoms with E-state index in [-0.39, 0.29) is 18.7 Å². The van der Waals surface area contributed by atoms with E-state index in [4.69, 9.17) is 9.47 Å². The fourth-order valence-corrected chi connectivity index (χ4v) is 2.61. The zero-order valence-corrected chi connectivity index (χ0v) is 15.8. The van der Waals surface area contributed by atoms with E-state index < -0.39 is 18.5 Å². The van der Waals surface area contributed by atoms with Gasteiger partial charge in [-0.05, 0) is 26.0 Å². The Kier molecular flexibility index (Phi) is 7.68. The van der Waals surface area contributed by atoms with E-state index in [1.807, 2.05) is 6.92 Å². The molecule has 1 heterocycles. The highest BCUT2D eigenvalue weighted by molar-refractivity contribution is 7.15. The normalized spacial score (nSPS) is 10.1. The van der Waals surface area contributed by atoms with E-state index in [9.17, 15) is 14.4 Å². The van der Waals surface area contributed by atoms with Crippen LogP contribution in [0.4, 0.5) is 10.8 Å². The number of para-hydroxylation sites is 2. The van der Waals surface area contributed by atoms with Gasteiger partial charge in [-0.2, -0.15) is 0 Å². The van der Waals surface area contributed by atoms with E-state index >= 15 is 0 Å². The van der Waals surface area contributed by atoms with E-state index in [1.165, 1.54) is 11.3 Å². The van der Waals surface area contributed by atoms with Gasteiger partial charge in [0.15, 0.2) is 6.61 Å². The number of amides is 2. The molecule has 0 saturated heterocycles. The number of esters is 1. The Morgan fingerprint density at radius 2 is 1.85 bits per heavy atom. The van der Waals surface area contributed by atoms with Crippen molar-refractivity contribution >= 4 is 39.9 Å². The Bertz CT molecular complexity index is 808. The first-order chi connectivity index (χ1) is 13.0. The molecule has 0 radical (unpaired) electrons. The monoisotopic (exact) mass is 392 g/mol. The molecule has 1 aromatic heterocycles. The van der Waals surface area contributed by atoms with Crippen molar-refractivity contribution in [3.8, 4) is 5.75 Å². The molecule has 0 spiro atoms. The Balaban J connectivity index is 1.70. The molecule has 2 aromatic rings. The van der Waals surface area contributed by atoms with Gasteiger partial charge in [-0.3, -0.25) is 14.4 Å². The quantitative estimate of drug-likeness (QED) is 0.627. The molecule has 2 N–H and O–H groups in total. The fraction of sp³-hybridized carbons (Fsp3) is 0.353. The molecule has 2 rings (SSSR count). The molecule has 0 bridgehead atoms. The van der Waals surface area contributed by atoms with Crippen molar-refractivity contribution in [2.24, 2.45) is 0 Å². The van der Waals surface area contributed by atoms with Crippen LogP contribution in [-0.4, -0.2) is 41.2 Å². The lowest BCUT2D eigenvalue weighted by atomic mass is 10.3. The van der Waals surface area contributed by atoms with E-state index in [2.05, 4.69) is 20.8 Å². The number of hydrogen-bond acceptors (Lipinski definition) is 8. The van der Waals surface area contributed by atoms with Crippen LogP contribution in [0.1, 0.15) is 24.8 Å². The third kappa shape index (κ3) is 7.02. The molecule has 0 aliphatic heterocycles. The molecule has 9 nitrogen and oxygen atoms in total. The van der Waals surface area contributed by atoms with E-state index in [0.717, 1.165) is 5.01 Å². The first-order valence-electron chi connectivity index (χ1n) is 8.25. The molecule has 27 heavy (non-hydrogen) atoms. The molecule has 0 saturated carbocycles. The Morgan fingerprint density at radius 1 is 1.07 bits per heavy atom. The minimum absolute atomic E-state index is 0.0771. The van der Waals surface area contributed by atoms with E-state index in [1.54, 1.807) is 31.2 Å². The van der Waals surface area contributed by atoms with Gasteiger partial charge >= 0.3 is 5.97 Å². The summed E-state index contributed by atoms with van der Waals surface area (Å²) in [6, 6.07) is 6.95. The van der Waals surface area contributed by atoms with Crippen LogP contribution >= 0.6 is 11.3 Å². The van der Waals surface area contributed by atoms with Crippen LogP contribution < -0.4 is 15.4 Å². The minimum atomic E-state index is -0.646. The minimum Gasteiger partial charge on any atom is -0.492 e. The summed E-state index contributed by atoms with van der Waals surface area (Å²) in [5.41, 5.74) is 0.493. The molecule has 0 fully saturated rings. The van der Waals surface area contributed by atoms with Crippen molar-refractivity contribution in [3.63, 3.8) is 0 Å². The number of benzene rings is 1. The molecule has 0 aliphatic carbocycles. The maximum atomic E-state index is 11.9. The van der Waals surface area contributed by atoms with Gasteiger partial charge in [0, 0.05) is 6.42 Å². The number of carbonyl (C=O) groups excluding carboxylic acids is 3. The lowest BCUT2D eigenvalue weighted by molar-refractivity contribution is -0.147. The van der Waals surface area contributed by atoms with Gasteiger partial charge in [0.25, 0.3) is 5.91 Å². The number of hydrogen-bond donors (Lipinski definition) is 2. The molecular formula is C17H20N4O5S. The largest absolute Gasteiger partial charge is 0.492 e. The summed E-state index contributed by atoms with van der Waals surface area (Å²) in [6.07, 6.45) is -0.224. The van der Waals surface area contributed by atoms with Gasteiger partial charge in [-0.1, -0.05) is 23.5 Å². The van der Waals surface area contributed by atoms with Crippen LogP contribution in [0.2, 0.25) is 0 Å². The molecule has 2 amide bonds. The second-order valence-electron chi connectivity index (χ2n) is 5.31. The number of aryl methyl sites for hydroxylation is 1. The summed E-state index contributed by atoms with van der Waals surface area (Å²) in [5, 5.41) is 13.8. The average molecular weight is 392 g/mol. The Hall–Kier alpha value is -3.01. The van der Waals surface area contributed by atoms with Crippen molar-refractivity contribution in [2.75, 3.05) is 23.8 Å². The molecule has 0 aliphatic rings. The van der Waals surface area contributed by atoms with Gasteiger partial charge in [0.2, 0.25) is 11.0 Å². The van der Waals surface area contributed by atoms with Crippen LogP contribution in [0.25, 0.3) is 0 Å². The van der Waals surface area contributed by atoms with Crippen LogP contribution in [0.3, 0.4) is 0 Å². The molecule has 10 heteroatoms. The number of ether oxygens (including phenoxy) is 2. The topological polar surface area (TPSA) is 120 Å². The molecule has 1 aromatic carbocycles. The van der Waals surface area contributed by atoms with Crippen molar-refractivity contribution in [2.45, 2.75) is 26.7 Å². The third-order valence-corrected chi connectivity index (χ3v) is 3.91. The van der Waals surface area contributed by atoms with Crippen LogP contribution in [0, 0.1) is 6.92 Å². The molecule has 144 valence electrons. The maximum absolute atomic E-state index is 11.9. The van der Waals surface area contributed by atoms with Crippen LogP contribution in [0.15, 0.2) is 24.3 Å². The standard InChI is InChI=1S/C17H20N4O5S/c1-3-25-13-7-5-4-6-12(13)18-15(23)10-26-16(24)9-8-14(22)19-17-21-20-11(2)27-17/h4-7H,3,8-10H2,1-2H3,(H,18,23)(H,19,21,22). The number of anilines is 2. The summed E-state index contributed by atoms with van der Waals surface area (Å²) < 4.78 is 10.3. The second kappa shape index (κ2) is 10.2. The Labute approximate surface area is 160 Å². The molecule has 0 unspecified atom stereocenters. The summed E-state index contributed by atoms with van der Waals surface area (Å²) in [5.74, 6) is -0.988. The predicted molar refractivity (Wildman–Crippen MR) is 99.7 cm³/mol. The Morgan fingerprint density at radius 3 is 2.56 bits per heavy atom. The van der Waals surface area contributed by atoms with Crippen molar-refractivity contribution in [1.82, 2.24) is 10.2 Å². The lowest BCUT2D eigenvalue weighted by Crippen LogP contribution is -2.22. The van der Waals surface area contributed by atoms with Crippen molar-refractivity contribution in [3.05, 3.63) is 29.3 Å². The zero-order chi connectivity index (χ0) is 19.6. The summed E-state index contributed by atoms with van der Waals surface area (Å²) >= 11 is 1.24. The predicted octanol–water partition coefficient (Wildman–Crippen LogP) is 2.15. The molecular weight excluding hydrogens is 372 g/mol. The second-order valence-corrected chi connectivity index (χ2v) is 6.49. The van der Waals surface area contributed by atoms with E-state index in [0.29, 0.717) is 23.2 Å². The summed E-state index contributed by atoms with van der Waals surface area (Å²) in [6.45, 7) is 3.61. The smallest absolute Gasteiger partial charge is 0.306 e. The summed E-state index contributed by atoms with van der Waals surface area (Å²) in [7, 11) is 0. The number of aromatic nitrogens is 2. The van der Waals surface area contributed by atoms with Gasteiger partial charge < -0.3 is 20.1 Å². The van der Waals surface area contributed by atoms with Crippen molar-refractivity contribution in [1.29, 1.82) is 0 Å². The molecule has 0 atom stereocenters. The zero-order valence-electron chi connectivity index (χ0n) is 15.0. The SMILES string of the molecule is CCOc1ccccc1NC(=O)COC(=O)CCC(=O)Nc1nnc(C)s1. The summed E-state index contributed by atoms with van der Waals surface area (Å²) in [4.78, 5) is 35.3. The van der Waals surface area contributed by atoms with Crippen LogP contribution in [0.5, 0.6) is 5.75 Å². The number of carbonyl (C=O) groups is 3. The van der Waals surface area contributed by atoms with Gasteiger partial charge in [0.1, 0.15) is 10.8 Å². The van der Waals surface area contributed by atoms with Crippen LogP contribution in [-0.2, 0) is 19.1 Å². The lowest BCUT2D eigenvalue weighted by Gasteiger charge is -2.11. The third-order valence-electron chi connectivity index (χ3n) is 3.15. The highest BCUT2D eigenvalue weighted by Gasteiger charge is 2.13. The number of rotatable bonds is 9. The van der Waals surface area contributed by atoms with Gasteiger partial charge in [-0.25, -0.2) is 0 Å². The number of nitrogens with one attached hydrogen (secondary N) is 2. The van der Waals surface area contributed by atoms with Gasteiger partial charge in [0.05, 0.1) is 18.7 Å². The first-order valence-corrected chi connectivity index (χ1v) is 9.07.